The maximum absolute atomic E-state index is 3.84. The van der Waals surface area contributed by atoms with Gasteiger partial charge in [0.05, 0.1) is 0 Å². The maximum atomic E-state index is 3.84. The Kier molecular flexibility index (Phi) is 5.47. The Hall–Kier alpha value is -1.64. The Morgan fingerprint density at radius 1 is 0.696 bits per heavy atom. The van der Waals surface area contributed by atoms with E-state index < -0.39 is 0 Å². The van der Waals surface area contributed by atoms with Gasteiger partial charge in [0.25, 0.3) is 0 Å². The van der Waals surface area contributed by atoms with E-state index in [0.717, 1.165) is 0 Å². The minimum absolute atomic E-state index is 0.399. The van der Waals surface area contributed by atoms with Crippen molar-refractivity contribution in [3.8, 4) is 0 Å². The van der Waals surface area contributed by atoms with Gasteiger partial charge in [-0.05, 0) is 37.8 Å². The molecule has 1 aliphatic rings. The Bertz CT molecular complexity index is 528. The first-order chi connectivity index (χ1) is 11.2. The highest BCUT2D eigenvalue weighted by atomic mass is 15.1. The van der Waals surface area contributed by atoms with E-state index in [1.54, 1.807) is 0 Å². The third-order valence-electron chi connectivity index (χ3n) is 5.04. The van der Waals surface area contributed by atoms with Crippen molar-refractivity contribution < 1.29 is 0 Å². The summed E-state index contributed by atoms with van der Waals surface area (Å²) in [6.45, 7) is 4.54. The van der Waals surface area contributed by atoms with E-state index in [1.807, 2.05) is 0 Å². The first-order valence-electron chi connectivity index (χ1n) is 8.86. The predicted molar refractivity (Wildman–Crippen MR) is 97.4 cm³/mol. The largest absolute Gasteiger partial charge is 0.306 e. The summed E-state index contributed by atoms with van der Waals surface area (Å²) in [5.74, 6) is 0. The second-order valence-electron chi connectivity index (χ2n) is 6.74. The molecular formula is C21H28N2. The summed E-state index contributed by atoms with van der Waals surface area (Å²) in [5.41, 5.74) is 2.74. The van der Waals surface area contributed by atoms with Crippen molar-refractivity contribution in [2.45, 2.75) is 57.3 Å². The Balaban J connectivity index is 1.59. The lowest BCUT2D eigenvalue weighted by Crippen LogP contribution is -2.45. The van der Waals surface area contributed by atoms with Crippen molar-refractivity contribution in [1.29, 1.82) is 0 Å². The highest BCUT2D eigenvalue weighted by Crippen LogP contribution is 2.25. The molecule has 23 heavy (non-hydrogen) atoms. The van der Waals surface area contributed by atoms with Gasteiger partial charge in [0.1, 0.15) is 0 Å². The fourth-order valence-electron chi connectivity index (χ4n) is 3.68. The van der Waals surface area contributed by atoms with E-state index >= 15 is 0 Å². The molecule has 1 saturated carbocycles. The maximum Gasteiger partial charge on any atom is 0.0295 e. The normalized spacial score (nSPS) is 23.6. The molecule has 0 spiro atoms. The number of hydrogen-bond donors (Lipinski definition) is 2. The van der Waals surface area contributed by atoms with Crippen LogP contribution in [0.2, 0.25) is 0 Å². The molecule has 122 valence electrons. The van der Waals surface area contributed by atoms with Gasteiger partial charge in [-0.1, -0.05) is 67.1 Å². The van der Waals surface area contributed by atoms with Crippen molar-refractivity contribution >= 4 is 0 Å². The van der Waals surface area contributed by atoms with Crippen LogP contribution in [0.25, 0.3) is 0 Å². The van der Waals surface area contributed by atoms with Crippen molar-refractivity contribution in [1.82, 2.24) is 10.6 Å². The summed E-state index contributed by atoms with van der Waals surface area (Å²) < 4.78 is 0. The summed E-state index contributed by atoms with van der Waals surface area (Å²) in [6.07, 6.45) is 3.82. The summed E-state index contributed by atoms with van der Waals surface area (Å²) in [6, 6.07) is 23.4. The third kappa shape index (κ3) is 4.21. The van der Waals surface area contributed by atoms with E-state index in [9.17, 15) is 0 Å². The molecule has 0 aliphatic heterocycles. The molecule has 0 amide bonds. The van der Waals surface area contributed by atoms with Crippen LogP contribution in [0.3, 0.4) is 0 Å². The van der Waals surface area contributed by atoms with Gasteiger partial charge in [-0.25, -0.2) is 0 Å². The lowest BCUT2D eigenvalue weighted by molar-refractivity contribution is 0.356. The molecule has 0 heterocycles. The van der Waals surface area contributed by atoms with Crippen LogP contribution in [0.5, 0.6) is 0 Å². The molecule has 1 aliphatic carbocycles. The molecule has 2 aromatic carbocycles. The van der Waals surface area contributed by atoms with Crippen LogP contribution >= 0.6 is 0 Å². The fourth-order valence-corrected chi connectivity index (χ4v) is 3.68. The highest BCUT2D eigenvalue weighted by molar-refractivity contribution is 5.20. The molecule has 0 bridgehead atoms. The summed E-state index contributed by atoms with van der Waals surface area (Å²) in [4.78, 5) is 0. The van der Waals surface area contributed by atoms with E-state index in [1.165, 1.54) is 30.4 Å². The van der Waals surface area contributed by atoms with E-state index in [-0.39, 0.29) is 0 Å². The second kappa shape index (κ2) is 7.76. The van der Waals surface area contributed by atoms with E-state index in [2.05, 4.69) is 85.1 Å². The molecule has 2 heteroatoms. The number of nitrogens with one attached hydrogen (secondary N) is 2. The average molecular weight is 308 g/mol. The van der Waals surface area contributed by atoms with Crippen LogP contribution in [0.4, 0.5) is 0 Å². The van der Waals surface area contributed by atoms with Gasteiger partial charge < -0.3 is 10.6 Å². The minimum atomic E-state index is 0.399. The quantitative estimate of drug-likeness (QED) is 0.814. The topological polar surface area (TPSA) is 24.1 Å². The van der Waals surface area contributed by atoms with Crippen LogP contribution in [-0.2, 0) is 0 Å². The molecule has 1 fully saturated rings. The van der Waals surface area contributed by atoms with E-state index in [0.29, 0.717) is 24.2 Å². The van der Waals surface area contributed by atoms with Gasteiger partial charge in [0.2, 0.25) is 0 Å². The van der Waals surface area contributed by atoms with Crippen molar-refractivity contribution in [3.05, 3.63) is 71.8 Å². The van der Waals surface area contributed by atoms with Crippen LogP contribution in [0.15, 0.2) is 60.7 Å². The van der Waals surface area contributed by atoms with Gasteiger partial charge in [-0.15, -0.1) is 0 Å². The minimum Gasteiger partial charge on any atom is -0.306 e. The standard InChI is InChI=1S/C21H28N2/c1-16(18-10-5-3-6-11-18)22-20-14-9-15-21(20)23-17(2)19-12-7-4-8-13-19/h3-8,10-13,16-17,20-23H,9,14-15H2,1-2H3/t16-,17-,20-,21-/m0/s1. The van der Waals surface area contributed by atoms with Crippen molar-refractivity contribution in [3.63, 3.8) is 0 Å². The lowest BCUT2D eigenvalue weighted by Gasteiger charge is -2.29. The summed E-state index contributed by atoms with van der Waals surface area (Å²) in [5, 5.41) is 7.68. The average Bonchev–Trinajstić information content (AvgIpc) is 3.03. The number of hydrogen-bond acceptors (Lipinski definition) is 2. The van der Waals surface area contributed by atoms with E-state index in [4.69, 9.17) is 0 Å². The molecule has 0 saturated heterocycles. The molecule has 0 aromatic heterocycles. The van der Waals surface area contributed by atoms with Crippen LogP contribution in [0, 0.1) is 0 Å². The zero-order chi connectivity index (χ0) is 16.1. The Labute approximate surface area is 140 Å². The predicted octanol–water partition coefficient (Wildman–Crippen LogP) is 4.61. The van der Waals surface area contributed by atoms with Gasteiger partial charge >= 0.3 is 0 Å². The Morgan fingerprint density at radius 2 is 1.09 bits per heavy atom. The highest BCUT2D eigenvalue weighted by Gasteiger charge is 2.29. The first-order valence-corrected chi connectivity index (χ1v) is 8.86. The van der Waals surface area contributed by atoms with Gasteiger partial charge in [0, 0.05) is 24.2 Å². The number of benzene rings is 2. The van der Waals surface area contributed by atoms with Crippen LogP contribution < -0.4 is 10.6 Å². The number of rotatable bonds is 6. The summed E-state index contributed by atoms with van der Waals surface area (Å²) >= 11 is 0. The van der Waals surface area contributed by atoms with Crippen LogP contribution in [0.1, 0.15) is 56.3 Å². The van der Waals surface area contributed by atoms with Gasteiger partial charge in [-0.3, -0.25) is 0 Å². The first kappa shape index (κ1) is 16.2. The zero-order valence-electron chi connectivity index (χ0n) is 14.2. The molecule has 0 unspecified atom stereocenters. The lowest BCUT2D eigenvalue weighted by atomic mass is 10.0. The fraction of sp³-hybridized carbons (Fsp3) is 0.429. The Morgan fingerprint density at radius 3 is 1.48 bits per heavy atom. The van der Waals surface area contributed by atoms with Gasteiger partial charge in [0.15, 0.2) is 0 Å². The van der Waals surface area contributed by atoms with Crippen molar-refractivity contribution in [2.75, 3.05) is 0 Å². The van der Waals surface area contributed by atoms with Gasteiger partial charge in [-0.2, -0.15) is 0 Å². The van der Waals surface area contributed by atoms with Crippen molar-refractivity contribution in [2.24, 2.45) is 0 Å². The molecule has 2 nitrogen and oxygen atoms in total. The van der Waals surface area contributed by atoms with Crippen LogP contribution in [-0.4, -0.2) is 12.1 Å². The third-order valence-corrected chi connectivity index (χ3v) is 5.04. The smallest absolute Gasteiger partial charge is 0.0295 e. The SMILES string of the molecule is C[C@H](N[C@H]1CCC[C@@H]1N[C@@H](C)c1ccccc1)c1ccccc1. The zero-order valence-corrected chi connectivity index (χ0v) is 14.2. The molecule has 4 atom stereocenters. The molecule has 2 aromatic rings. The summed E-state index contributed by atoms with van der Waals surface area (Å²) in [7, 11) is 0. The monoisotopic (exact) mass is 308 g/mol. The second-order valence-corrected chi connectivity index (χ2v) is 6.74. The molecule has 2 N–H and O–H groups in total. The molecule has 0 radical (unpaired) electrons. The molecule has 3 rings (SSSR count). The molecular weight excluding hydrogens is 280 g/mol.